The predicted octanol–water partition coefficient (Wildman–Crippen LogP) is 17.4. The quantitative estimate of drug-likeness (QED) is 0.0577. The molecule has 0 aromatic heterocycles. The summed E-state index contributed by atoms with van der Waals surface area (Å²) >= 11 is 0. The Labute approximate surface area is 319 Å². The summed E-state index contributed by atoms with van der Waals surface area (Å²) in [6.45, 7) is 14.9. The highest BCUT2D eigenvalue weighted by Gasteiger charge is 2.34. The number of nitrogens with zero attached hydrogens (tertiary/aromatic N) is 1. The zero-order valence-corrected chi connectivity index (χ0v) is 36.0. The Morgan fingerprint density at radius 1 is 0.400 bits per heavy atom. The molecule has 1 aliphatic rings. The van der Waals surface area contributed by atoms with Crippen LogP contribution in [0.4, 0.5) is 0 Å². The zero-order valence-electron chi connectivity index (χ0n) is 36.0. The van der Waals surface area contributed by atoms with Gasteiger partial charge in [0.05, 0.1) is 0 Å². The predicted molar refractivity (Wildman–Crippen MR) is 230 cm³/mol. The Hall–Kier alpha value is -0.0400. The molecule has 4 atom stereocenters. The maximum atomic E-state index is 3.05. The fourth-order valence-electron chi connectivity index (χ4n) is 9.55. The van der Waals surface area contributed by atoms with E-state index in [1.165, 1.54) is 257 Å². The third-order valence-electron chi connectivity index (χ3n) is 13.2. The molecule has 1 saturated carbocycles. The minimum atomic E-state index is 0.869. The highest BCUT2D eigenvalue weighted by atomic mass is 15.2. The van der Waals surface area contributed by atoms with Crippen molar-refractivity contribution in [2.45, 2.75) is 285 Å². The first-order chi connectivity index (χ1) is 24.7. The van der Waals surface area contributed by atoms with Crippen LogP contribution in [0.5, 0.6) is 0 Å². The van der Waals surface area contributed by atoms with Crippen LogP contribution in [0, 0.1) is 17.8 Å². The first-order valence-corrected chi connectivity index (χ1v) is 24.4. The summed E-state index contributed by atoms with van der Waals surface area (Å²) in [6, 6.07) is 0.869. The molecule has 0 bridgehead atoms. The van der Waals surface area contributed by atoms with Crippen LogP contribution in [0.3, 0.4) is 0 Å². The normalized spacial score (nSPS) is 18.7. The van der Waals surface area contributed by atoms with Crippen molar-refractivity contribution in [1.82, 2.24) is 4.90 Å². The van der Waals surface area contributed by atoms with E-state index in [0.29, 0.717) is 0 Å². The molecule has 0 amide bonds. The molecular weight excluding hydrogens is 603 g/mol. The van der Waals surface area contributed by atoms with Crippen LogP contribution in [0.15, 0.2) is 0 Å². The molecule has 1 aliphatic carbocycles. The fourth-order valence-corrected chi connectivity index (χ4v) is 9.55. The van der Waals surface area contributed by atoms with Gasteiger partial charge in [-0.25, -0.2) is 0 Å². The minimum Gasteiger partial charge on any atom is -0.300 e. The van der Waals surface area contributed by atoms with Gasteiger partial charge in [-0.15, -0.1) is 0 Å². The molecule has 1 nitrogen and oxygen atoms in total. The van der Waals surface area contributed by atoms with Gasteiger partial charge in [0, 0.05) is 6.04 Å². The number of hydrogen-bond acceptors (Lipinski definition) is 1. The topological polar surface area (TPSA) is 3.24 Å². The van der Waals surface area contributed by atoms with E-state index in [1.54, 1.807) is 0 Å². The largest absolute Gasteiger partial charge is 0.300 e. The van der Waals surface area contributed by atoms with Gasteiger partial charge in [-0.1, -0.05) is 247 Å². The van der Waals surface area contributed by atoms with Crippen molar-refractivity contribution in [2.24, 2.45) is 17.8 Å². The lowest BCUT2D eigenvalue weighted by atomic mass is 9.69. The Morgan fingerprint density at radius 2 is 0.720 bits per heavy atom. The maximum absolute atomic E-state index is 3.05. The monoisotopic (exact) mass is 702 g/mol. The van der Waals surface area contributed by atoms with Gasteiger partial charge in [-0.2, -0.15) is 0 Å². The van der Waals surface area contributed by atoms with E-state index >= 15 is 0 Å². The molecule has 0 N–H and O–H groups in total. The number of hydrogen-bond donors (Lipinski definition) is 0. The third-order valence-corrected chi connectivity index (χ3v) is 13.2. The standard InChI is InChI=1S/C49H99N/c1-6-10-13-16-19-22-24-26-29-32-35-38-43-50(44-39-36-33-30-27-25-23-20-17-14-11-7-2)48-42-41-46(5)49(45-48)47(9-4)40-37-34-31-28-21-18-15-12-8-3/h46-49H,6-45H2,1-5H3/t46-,47?,48+,49?/m1/s1. The van der Waals surface area contributed by atoms with Crippen LogP contribution >= 0.6 is 0 Å². The van der Waals surface area contributed by atoms with Crippen molar-refractivity contribution in [3.63, 3.8) is 0 Å². The highest BCUT2D eigenvalue weighted by Crippen LogP contribution is 2.40. The average Bonchev–Trinajstić information content (AvgIpc) is 3.13. The molecular formula is C49H99N. The molecule has 0 aliphatic heterocycles. The van der Waals surface area contributed by atoms with E-state index in [2.05, 4.69) is 39.5 Å². The second-order valence-electron chi connectivity index (χ2n) is 17.7. The van der Waals surface area contributed by atoms with E-state index in [-0.39, 0.29) is 0 Å². The van der Waals surface area contributed by atoms with Gasteiger partial charge in [-0.05, 0) is 62.9 Å². The van der Waals surface area contributed by atoms with E-state index in [0.717, 1.165) is 23.8 Å². The van der Waals surface area contributed by atoms with Crippen molar-refractivity contribution >= 4 is 0 Å². The molecule has 50 heavy (non-hydrogen) atoms. The van der Waals surface area contributed by atoms with E-state index < -0.39 is 0 Å². The van der Waals surface area contributed by atoms with Crippen molar-refractivity contribution in [1.29, 1.82) is 0 Å². The van der Waals surface area contributed by atoms with Gasteiger partial charge in [0.1, 0.15) is 0 Å². The van der Waals surface area contributed by atoms with Crippen molar-refractivity contribution in [3.05, 3.63) is 0 Å². The van der Waals surface area contributed by atoms with E-state index in [1.807, 2.05) is 0 Å². The second-order valence-corrected chi connectivity index (χ2v) is 17.7. The Bertz CT molecular complexity index is 615. The average molecular weight is 702 g/mol. The first-order valence-electron chi connectivity index (χ1n) is 24.4. The van der Waals surface area contributed by atoms with Crippen LogP contribution in [0.25, 0.3) is 0 Å². The van der Waals surface area contributed by atoms with Crippen LogP contribution < -0.4 is 0 Å². The molecule has 2 unspecified atom stereocenters. The highest BCUT2D eigenvalue weighted by molar-refractivity contribution is 4.87. The zero-order chi connectivity index (χ0) is 36.2. The molecule has 1 heteroatoms. The molecule has 0 aromatic rings. The number of rotatable bonds is 39. The molecule has 0 aromatic carbocycles. The SMILES string of the molecule is CCCCCCCCCCCCCCN(CCCCCCCCCCCCCC)[C@H]1CC[C@@H](C)C(C(CC)CCCCCCCCCCC)C1. The van der Waals surface area contributed by atoms with E-state index in [4.69, 9.17) is 0 Å². The van der Waals surface area contributed by atoms with Gasteiger partial charge in [0.15, 0.2) is 0 Å². The van der Waals surface area contributed by atoms with Crippen LogP contribution in [0.1, 0.15) is 279 Å². The lowest BCUT2D eigenvalue weighted by Crippen LogP contribution is -2.43. The summed E-state index contributed by atoms with van der Waals surface area (Å²) in [5.74, 6) is 2.88. The van der Waals surface area contributed by atoms with Gasteiger partial charge in [-0.3, -0.25) is 0 Å². The summed E-state index contributed by atoms with van der Waals surface area (Å²) in [5.41, 5.74) is 0. The second kappa shape index (κ2) is 37.3. The van der Waals surface area contributed by atoms with Crippen LogP contribution in [0.2, 0.25) is 0 Å². The first kappa shape index (κ1) is 48.0. The molecule has 0 spiro atoms. The van der Waals surface area contributed by atoms with Crippen LogP contribution in [-0.2, 0) is 0 Å². The van der Waals surface area contributed by atoms with Gasteiger partial charge in [0.2, 0.25) is 0 Å². The van der Waals surface area contributed by atoms with Crippen molar-refractivity contribution in [2.75, 3.05) is 13.1 Å². The van der Waals surface area contributed by atoms with Crippen molar-refractivity contribution < 1.29 is 0 Å². The summed E-state index contributed by atoms with van der Waals surface area (Å²) in [6.07, 6.45) is 55.6. The fraction of sp³-hybridized carbons (Fsp3) is 1.00. The Morgan fingerprint density at radius 3 is 1.06 bits per heavy atom. The summed E-state index contributed by atoms with van der Waals surface area (Å²) in [7, 11) is 0. The van der Waals surface area contributed by atoms with Gasteiger partial charge in [0.25, 0.3) is 0 Å². The summed E-state index contributed by atoms with van der Waals surface area (Å²) in [4.78, 5) is 3.05. The smallest absolute Gasteiger partial charge is 0.00981 e. The summed E-state index contributed by atoms with van der Waals surface area (Å²) < 4.78 is 0. The van der Waals surface area contributed by atoms with Crippen molar-refractivity contribution in [3.8, 4) is 0 Å². The lowest BCUT2D eigenvalue weighted by molar-refractivity contribution is 0.0661. The Kier molecular flexibility index (Phi) is 35.8. The lowest BCUT2D eigenvalue weighted by Gasteiger charge is -2.43. The molecule has 300 valence electrons. The summed E-state index contributed by atoms with van der Waals surface area (Å²) in [5, 5.41) is 0. The third kappa shape index (κ3) is 27.5. The maximum Gasteiger partial charge on any atom is 0.00981 e. The van der Waals surface area contributed by atoms with E-state index in [9.17, 15) is 0 Å². The van der Waals surface area contributed by atoms with Gasteiger partial charge < -0.3 is 4.90 Å². The Balaban J connectivity index is 2.46. The molecule has 1 fully saturated rings. The molecule has 0 radical (unpaired) electrons. The molecule has 0 saturated heterocycles. The number of unbranched alkanes of at least 4 members (excludes halogenated alkanes) is 30. The minimum absolute atomic E-state index is 0.869. The van der Waals surface area contributed by atoms with Crippen LogP contribution in [-0.4, -0.2) is 24.0 Å². The molecule has 0 heterocycles. The molecule has 1 rings (SSSR count). The van der Waals surface area contributed by atoms with Gasteiger partial charge >= 0.3 is 0 Å².